The molecule has 1 fully saturated rings. The van der Waals surface area contributed by atoms with Gasteiger partial charge in [0, 0.05) is 44.7 Å². The number of hydrogen-bond acceptors (Lipinski definition) is 6. The number of esters is 1. The highest BCUT2D eigenvalue weighted by molar-refractivity contribution is 5.95. The summed E-state index contributed by atoms with van der Waals surface area (Å²) in [5.74, 6) is -0.619. The molecule has 1 aliphatic heterocycles. The summed E-state index contributed by atoms with van der Waals surface area (Å²) in [7, 11) is 0. The van der Waals surface area contributed by atoms with Crippen LogP contribution in [0.5, 0.6) is 5.75 Å². The van der Waals surface area contributed by atoms with Crippen molar-refractivity contribution in [3.63, 3.8) is 0 Å². The highest BCUT2D eigenvalue weighted by atomic mass is 16.5. The Morgan fingerprint density at radius 3 is 2.36 bits per heavy atom. The molecule has 0 saturated carbocycles. The van der Waals surface area contributed by atoms with E-state index >= 15 is 0 Å². The lowest BCUT2D eigenvalue weighted by atomic mass is 10.2. The van der Waals surface area contributed by atoms with Crippen LogP contribution in [-0.2, 0) is 4.79 Å². The molecule has 1 aromatic carbocycles. The van der Waals surface area contributed by atoms with Crippen molar-refractivity contribution in [2.45, 2.75) is 13.3 Å². The van der Waals surface area contributed by atoms with Gasteiger partial charge >= 0.3 is 5.97 Å². The molecule has 0 aliphatic carbocycles. The lowest BCUT2D eigenvalue weighted by molar-refractivity contribution is -0.131. The second-order valence-corrected chi connectivity index (χ2v) is 6.37. The van der Waals surface area contributed by atoms with Gasteiger partial charge in [-0.25, -0.2) is 5.10 Å². The predicted molar refractivity (Wildman–Crippen MR) is 99.0 cm³/mol. The fourth-order valence-electron chi connectivity index (χ4n) is 2.99. The number of hydrogen-bond donors (Lipinski definition) is 1. The van der Waals surface area contributed by atoms with Crippen LogP contribution >= 0.6 is 0 Å². The summed E-state index contributed by atoms with van der Waals surface area (Å²) in [5, 5.41) is 6.02. The van der Waals surface area contributed by atoms with E-state index in [0.29, 0.717) is 43.9 Å². The second kappa shape index (κ2) is 8.47. The van der Waals surface area contributed by atoms with Gasteiger partial charge in [-0.1, -0.05) is 6.07 Å². The molecular formula is C19H20N4O5. The van der Waals surface area contributed by atoms with Crippen molar-refractivity contribution >= 4 is 17.8 Å². The van der Waals surface area contributed by atoms with Crippen LogP contribution in [0, 0.1) is 0 Å². The van der Waals surface area contributed by atoms with Gasteiger partial charge in [0.25, 0.3) is 17.4 Å². The summed E-state index contributed by atoms with van der Waals surface area (Å²) >= 11 is 0. The maximum absolute atomic E-state index is 12.8. The zero-order chi connectivity index (χ0) is 20.1. The highest BCUT2D eigenvalue weighted by Gasteiger charge is 2.24. The lowest BCUT2D eigenvalue weighted by Gasteiger charge is -2.22. The van der Waals surface area contributed by atoms with Crippen LogP contribution in [0.1, 0.15) is 34.2 Å². The molecule has 3 rings (SSSR count). The summed E-state index contributed by atoms with van der Waals surface area (Å²) < 4.78 is 5.03. The van der Waals surface area contributed by atoms with Gasteiger partial charge in [0.05, 0.1) is 0 Å². The number of ether oxygens (including phenoxy) is 1. The predicted octanol–water partition coefficient (Wildman–Crippen LogP) is 0.683. The minimum atomic E-state index is -0.454. The van der Waals surface area contributed by atoms with E-state index in [1.54, 1.807) is 28.0 Å². The number of H-pyrrole nitrogens is 1. The van der Waals surface area contributed by atoms with Crippen molar-refractivity contribution in [2.24, 2.45) is 0 Å². The molecule has 1 N–H and O–H groups in total. The quantitative estimate of drug-likeness (QED) is 0.615. The summed E-state index contributed by atoms with van der Waals surface area (Å²) in [4.78, 5) is 50.8. The molecule has 9 nitrogen and oxygen atoms in total. The van der Waals surface area contributed by atoms with Gasteiger partial charge in [-0.2, -0.15) is 5.10 Å². The average Bonchev–Trinajstić information content (AvgIpc) is 2.93. The highest BCUT2D eigenvalue weighted by Crippen LogP contribution is 2.17. The van der Waals surface area contributed by atoms with Crippen molar-refractivity contribution < 1.29 is 19.1 Å². The van der Waals surface area contributed by atoms with Crippen LogP contribution in [0.15, 0.2) is 41.2 Å². The number of nitrogens with zero attached hydrogens (tertiary/aromatic N) is 3. The van der Waals surface area contributed by atoms with Crippen LogP contribution in [-0.4, -0.2) is 64.0 Å². The third kappa shape index (κ3) is 4.61. The molecule has 28 heavy (non-hydrogen) atoms. The van der Waals surface area contributed by atoms with E-state index in [2.05, 4.69) is 10.2 Å². The zero-order valence-corrected chi connectivity index (χ0v) is 15.4. The largest absolute Gasteiger partial charge is 0.427 e. The molecule has 0 atom stereocenters. The molecule has 0 unspecified atom stereocenters. The van der Waals surface area contributed by atoms with Crippen molar-refractivity contribution in [2.75, 3.05) is 26.2 Å². The van der Waals surface area contributed by atoms with Gasteiger partial charge in [-0.05, 0) is 30.7 Å². The number of rotatable bonds is 3. The molecule has 1 aliphatic rings. The number of benzene rings is 1. The number of aromatic amines is 1. The molecule has 0 spiro atoms. The Hall–Kier alpha value is -3.49. The third-order valence-corrected chi connectivity index (χ3v) is 4.31. The summed E-state index contributed by atoms with van der Waals surface area (Å²) in [6, 6.07) is 9.09. The number of amides is 2. The molecule has 1 aromatic heterocycles. The Bertz CT molecular complexity index is 935. The molecule has 9 heteroatoms. The first-order valence-electron chi connectivity index (χ1n) is 8.87. The van der Waals surface area contributed by atoms with Crippen molar-refractivity contribution in [3.8, 4) is 5.75 Å². The van der Waals surface area contributed by atoms with Gasteiger partial charge in [0.15, 0.2) is 0 Å². The Morgan fingerprint density at radius 1 is 1.00 bits per heavy atom. The summed E-state index contributed by atoms with van der Waals surface area (Å²) in [5.41, 5.74) is 0.203. The van der Waals surface area contributed by atoms with Crippen LogP contribution in [0.3, 0.4) is 0 Å². The first-order valence-corrected chi connectivity index (χ1v) is 8.87. The zero-order valence-electron chi connectivity index (χ0n) is 15.4. The number of aromatic nitrogens is 2. The van der Waals surface area contributed by atoms with Crippen LogP contribution in [0.2, 0.25) is 0 Å². The monoisotopic (exact) mass is 384 g/mol. The fourth-order valence-corrected chi connectivity index (χ4v) is 2.99. The number of carbonyl (C=O) groups is 3. The van der Waals surface area contributed by atoms with Gasteiger partial charge in [0.1, 0.15) is 11.4 Å². The van der Waals surface area contributed by atoms with Crippen LogP contribution < -0.4 is 10.3 Å². The Balaban J connectivity index is 1.67. The molecular weight excluding hydrogens is 364 g/mol. The van der Waals surface area contributed by atoms with Gasteiger partial charge in [-0.3, -0.25) is 19.2 Å². The minimum absolute atomic E-state index is 0.161. The van der Waals surface area contributed by atoms with Crippen molar-refractivity contribution in [1.29, 1.82) is 0 Å². The standard InChI is InChI=1S/C19H20N4O5/c1-13(24)28-15-5-2-4-14(12-15)18(26)22-8-3-9-23(11-10-22)19(27)16-6-7-17(25)21-20-16/h2,4-7,12H,3,8-11H2,1H3,(H,21,25). The van der Waals surface area contributed by atoms with Crippen molar-refractivity contribution in [1.82, 2.24) is 20.0 Å². The summed E-state index contributed by atoms with van der Waals surface area (Å²) in [6.07, 6.45) is 0.616. The van der Waals surface area contributed by atoms with E-state index in [-0.39, 0.29) is 23.1 Å². The fraction of sp³-hybridized carbons (Fsp3) is 0.316. The molecule has 2 aromatic rings. The maximum Gasteiger partial charge on any atom is 0.308 e. The Morgan fingerprint density at radius 2 is 1.71 bits per heavy atom. The second-order valence-electron chi connectivity index (χ2n) is 6.37. The van der Waals surface area contributed by atoms with Gasteiger partial charge in [-0.15, -0.1) is 0 Å². The molecule has 2 heterocycles. The molecule has 0 bridgehead atoms. The van der Waals surface area contributed by atoms with Crippen LogP contribution in [0.25, 0.3) is 0 Å². The van der Waals surface area contributed by atoms with E-state index in [4.69, 9.17) is 4.74 Å². The van der Waals surface area contributed by atoms with E-state index < -0.39 is 5.97 Å². The Kier molecular flexibility index (Phi) is 5.83. The molecule has 146 valence electrons. The molecule has 2 amide bonds. The smallest absolute Gasteiger partial charge is 0.308 e. The van der Waals surface area contributed by atoms with E-state index in [1.165, 1.54) is 25.1 Å². The SMILES string of the molecule is CC(=O)Oc1cccc(C(=O)N2CCCN(C(=O)c3ccc(=O)[nH]n3)CC2)c1. The first kappa shape index (κ1) is 19.3. The first-order chi connectivity index (χ1) is 13.4. The van der Waals surface area contributed by atoms with Crippen LogP contribution in [0.4, 0.5) is 0 Å². The topological polar surface area (TPSA) is 113 Å². The van der Waals surface area contributed by atoms with Gasteiger partial charge in [0.2, 0.25) is 0 Å². The normalized spacial score (nSPS) is 14.3. The maximum atomic E-state index is 12.8. The van der Waals surface area contributed by atoms with E-state index in [9.17, 15) is 19.2 Å². The van der Waals surface area contributed by atoms with Crippen molar-refractivity contribution in [3.05, 3.63) is 58.0 Å². The Labute approximate surface area is 160 Å². The summed E-state index contributed by atoms with van der Waals surface area (Å²) in [6.45, 7) is 3.00. The number of carbonyl (C=O) groups excluding carboxylic acids is 3. The van der Waals surface area contributed by atoms with Gasteiger partial charge < -0.3 is 14.5 Å². The minimum Gasteiger partial charge on any atom is -0.427 e. The average molecular weight is 384 g/mol. The lowest BCUT2D eigenvalue weighted by Crippen LogP contribution is -2.37. The molecule has 0 radical (unpaired) electrons. The van der Waals surface area contributed by atoms with E-state index in [0.717, 1.165) is 0 Å². The third-order valence-electron chi connectivity index (χ3n) is 4.31. The number of nitrogens with one attached hydrogen (secondary N) is 1. The van der Waals surface area contributed by atoms with E-state index in [1.807, 2.05) is 0 Å². The molecule has 1 saturated heterocycles.